The number of rotatable bonds is 3. The summed E-state index contributed by atoms with van der Waals surface area (Å²) in [7, 11) is 1.66. The van der Waals surface area contributed by atoms with Crippen molar-refractivity contribution in [2.75, 3.05) is 20.2 Å². The Balaban J connectivity index is 2.01. The van der Waals surface area contributed by atoms with Crippen LogP contribution in [0, 0.1) is 0 Å². The van der Waals surface area contributed by atoms with Gasteiger partial charge in [0, 0.05) is 0 Å². The van der Waals surface area contributed by atoms with Gasteiger partial charge in [-0.1, -0.05) is 0 Å². The van der Waals surface area contributed by atoms with Gasteiger partial charge in [0.1, 0.15) is 17.6 Å². The molecule has 1 fully saturated rings. The van der Waals surface area contributed by atoms with Gasteiger partial charge in [0.05, 0.1) is 11.6 Å². The number of hydrogen-bond acceptors (Lipinski definition) is 3. The van der Waals surface area contributed by atoms with Crippen LogP contribution in [0.1, 0.15) is 12.8 Å². The molecule has 16 heavy (non-hydrogen) atoms. The van der Waals surface area contributed by atoms with E-state index < -0.39 is 0 Å². The first-order valence-corrected chi connectivity index (χ1v) is 6.30. The first-order chi connectivity index (χ1) is 7.79. The molecule has 1 aromatic rings. The van der Waals surface area contributed by atoms with E-state index in [0.29, 0.717) is 6.10 Å². The van der Waals surface area contributed by atoms with E-state index in [2.05, 4.69) is 21.2 Å². The fraction of sp³-hybridized carbons (Fsp3) is 0.500. The van der Waals surface area contributed by atoms with Crippen molar-refractivity contribution in [2.45, 2.75) is 18.9 Å². The molecule has 1 heterocycles. The van der Waals surface area contributed by atoms with Gasteiger partial charge in [-0.05, 0) is 60.1 Å². The molecular formula is C12H16BrNO2. The Kier molecular flexibility index (Phi) is 4.07. The Hall–Kier alpha value is -0.740. The average Bonchev–Trinajstić information content (AvgIpc) is 2.31. The minimum absolute atomic E-state index is 0.335. The lowest BCUT2D eigenvalue weighted by atomic mass is 10.1. The molecule has 0 aromatic heterocycles. The summed E-state index contributed by atoms with van der Waals surface area (Å²) in [5.41, 5.74) is 0. The number of methoxy groups -OCH3 is 1. The molecule has 1 saturated heterocycles. The minimum Gasteiger partial charge on any atom is -0.496 e. The SMILES string of the molecule is COc1ccc(OC2CCNCC2)cc1Br. The van der Waals surface area contributed by atoms with E-state index in [9.17, 15) is 0 Å². The summed E-state index contributed by atoms with van der Waals surface area (Å²) in [5.74, 6) is 1.73. The number of nitrogens with one attached hydrogen (secondary N) is 1. The summed E-state index contributed by atoms with van der Waals surface area (Å²) in [6.07, 6.45) is 2.48. The zero-order valence-electron chi connectivity index (χ0n) is 9.33. The topological polar surface area (TPSA) is 30.5 Å². The van der Waals surface area contributed by atoms with Gasteiger partial charge in [0.15, 0.2) is 0 Å². The molecule has 2 rings (SSSR count). The van der Waals surface area contributed by atoms with Crippen molar-refractivity contribution >= 4 is 15.9 Å². The molecule has 0 spiro atoms. The molecule has 0 bridgehead atoms. The summed E-state index contributed by atoms with van der Waals surface area (Å²) in [6, 6.07) is 5.83. The van der Waals surface area contributed by atoms with Gasteiger partial charge < -0.3 is 14.8 Å². The van der Waals surface area contributed by atoms with Gasteiger partial charge in [-0.2, -0.15) is 0 Å². The van der Waals surface area contributed by atoms with Crippen molar-refractivity contribution in [3.05, 3.63) is 22.7 Å². The summed E-state index contributed by atoms with van der Waals surface area (Å²) >= 11 is 3.45. The Labute approximate surface area is 104 Å². The molecule has 4 heteroatoms. The lowest BCUT2D eigenvalue weighted by Gasteiger charge is -2.24. The fourth-order valence-corrected chi connectivity index (χ4v) is 2.35. The summed E-state index contributed by atoms with van der Waals surface area (Å²) in [5, 5.41) is 3.32. The third kappa shape index (κ3) is 2.89. The second-order valence-corrected chi connectivity index (χ2v) is 4.72. The minimum atomic E-state index is 0.335. The highest BCUT2D eigenvalue weighted by atomic mass is 79.9. The summed E-state index contributed by atoms with van der Waals surface area (Å²) in [6.45, 7) is 2.09. The Morgan fingerprint density at radius 1 is 1.31 bits per heavy atom. The van der Waals surface area contributed by atoms with E-state index in [1.54, 1.807) is 7.11 Å². The number of hydrogen-bond donors (Lipinski definition) is 1. The monoisotopic (exact) mass is 285 g/mol. The van der Waals surface area contributed by atoms with Crippen LogP contribution in [-0.4, -0.2) is 26.3 Å². The van der Waals surface area contributed by atoms with Gasteiger partial charge in [-0.25, -0.2) is 0 Å². The predicted octanol–water partition coefficient (Wildman–Crippen LogP) is 2.59. The lowest BCUT2D eigenvalue weighted by molar-refractivity contribution is 0.162. The first kappa shape index (κ1) is 11.7. The second kappa shape index (κ2) is 5.55. The molecule has 0 aliphatic carbocycles. The molecule has 0 saturated carbocycles. The van der Waals surface area contributed by atoms with E-state index >= 15 is 0 Å². The smallest absolute Gasteiger partial charge is 0.133 e. The fourth-order valence-electron chi connectivity index (χ4n) is 1.83. The maximum atomic E-state index is 5.91. The largest absolute Gasteiger partial charge is 0.496 e. The molecule has 0 atom stereocenters. The molecule has 88 valence electrons. The average molecular weight is 286 g/mol. The van der Waals surface area contributed by atoms with Crippen molar-refractivity contribution in [3.63, 3.8) is 0 Å². The van der Waals surface area contributed by atoms with Crippen LogP contribution in [0.2, 0.25) is 0 Å². The van der Waals surface area contributed by atoms with E-state index in [4.69, 9.17) is 9.47 Å². The van der Waals surface area contributed by atoms with Crippen LogP contribution < -0.4 is 14.8 Å². The van der Waals surface area contributed by atoms with Crippen LogP contribution in [-0.2, 0) is 0 Å². The summed E-state index contributed by atoms with van der Waals surface area (Å²) < 4.78 is 12.0. The van der Waals surface area contributed by atoms with Crippen molar-refractivity contribution in [3.8, 4) is 11.5 Å². The molecular weight excluding hydrogens is 270 g/mol. The predicted molar refractivity (Wildman–Crippen MR) is 67.2 cm³/mol. The zero-order chi connectivity index (χ0) is 11.4. The van der Waals surface area contributed by atoms with Gasteiger partial charge in [-0.15, -0.1) is 0 Å². The molecule has 0 amide bonds. The quantitative estimate of drug-likeness (QED) is 0.926. The van der Waals surface area contributed by atoms with Crippen LogP contribution in [0.4, 0.5) is 0 Å². The molecule has 3 nitrogen and oxygen atoms in total. The van der Waals surface area contributed by atoms with Gasteiger partial charge in [0.25, 0.3) is 0 Å². The molecule has 1 aromatic carbocycles. The third-order valence-electron chi connectivity index (χ3n) is 2.71. The number of ether oxygens (including phenoxy) is 2. The van der Waals surface area contributed by atoms with E-state index in [0.717, 1.165) is 41.9 Å². The summed E-state index contributed by atoms with van der Waals surface area (Å²) in [4.78, 5) is 0. The van der Waals surface area contributed by atoms with Crippen molar-refractivity contribution in [1.29, 1.82) is 0 Å². The van der Waals surface area contributed by atoms with Gasteiger partial charge in [-0.3, -0.25) is 0 Å². The molecule has 1 N–H and O–H groups in total. The Bertz CT molecular complexity index is 351. The zero-order valence-corrected chi connectivity index (χ0v) is 10.9. The standard InChI is InChI=1S/C12H16BrNO2/c1-15-12-3-2-10(8-11(12)13)16-9-4-6-14-7-5-9/h2-3,8-9,14H,4-7H2,1H3. The maximum Gasteiger partial charge on any atom is 0.133 e. The van der Waals surface area contributed by atoms with Crippen LogP contribution in [0.3, 0.4) is 0 Å². The molecule has 1 aliphatic heterocycles. The lowest BCUT2D eigenvalue weighted by Crippen LogP contribution is -2.34. The van der Waals surface area contributed by atoms with E-state index in [-0.39, 0.29) is 0 Å². The molecule has 1 aliphatic rings. The Morgan fingerprint density at radius 2 is 2.06 bits per heavy atom. The molecule has 0 radical (unpaired) electrons. The number of benzene rings is 1. The van der Waals surface area contributed by atoms with Crippen LogP contribution in [0.15, 0.2) is 22.7 Å². The van der Waals surface area contributed by atoms with Crippen LogP contribution >= 0.6 is 15.9 Å². The first-order valence-electron chi connectivity index (χ1n) is 5.50. The highest BCUT2D eigenvalue weighted by molar-refractivity contribution is 9.10. The van der Waals surface area contributed by atoms with Gasteiger partial charge >= 0.3 is 0 Å². The number of piperidine rings is 1. The second-order valence-electron chi connectivity index (χ2n) is 3.86. The normalized spacial score (nSPS) is 17.1. The number of halogens is 1. The highest BCUT2D eigenvalue weighted by Crippen LogP contribution is 2.29. The van der Waals surface area contributed by atoms with E-state index in [1.807, 2.05) is 18.2 Å². The van der Waals surface area contributed by atoms with Crippen LogP contribution in [0.5, 0.6) is 11.5 Å². The molecule has 0 unspecified atom stereocenters. The van der Waals surface area contributed by atoms with Crippen LogP contribution in [0.25, 0.3) is 0 Å². The Morgan fingerprint density at radius 3 is 2.69 bits per heavy atom. The van der Waals surface area contributed by atoms with Gasteiger partial charge in [0.2, 0.25) is 0 Å². The maximum absolute atomic E-state index is 5.91. The van der Waals surface area contributed by atoms with Crippen molar-refractivity contribution < 1.29 is 9.47 Å². The van der Waals surface area contributed by atoms with Crippen molar-refractivity contribution in [1.82, 2.24) is 5.32 Å². The van der Waals surface area contributed by atoms with Crippen molar-refractivity contribution in [2.24, 2.45) is 0 Å². The van der Waals surface area contributed by atoms with E-state index in [1.165, 1.54) is 0 Å². The highest BCUT2D eigenvalue weighted by Gasteiger charge is 2.14. The third-order valence-corrected chi connectivity index (χ3v) is 3.33.